The van der Waals surface area contributed by atoms with Crippen molar-refractivity contribution in [1.29, 1.82) is 0 Å². The van der Waals surface area contributed by atoms with E-state index < -0.39 is 145 Å². The Morgan fingerprint density at radius 3 is 0.651 bits per heavy atom. The Morgan fingerprint density at radius 2 is 0.476 bits per heavy atom. The van der Waals surface area contributed by atoms with E-state index in [-0.39, 0.29) is 0 Å². The number of hydrogen-bond acceptors (Lipinski definition) is 7. The van der Waals surface area contributed by atoms with Crippen molar-refractivity contribution in [2.45, 2.75) is 107 Å². The van der Waals surface area contributed by atoms with Crippen LogP contribution in [0, 0.1) is 0 Å². The molecule has 0 radical (unpaired) electrons. The van der Waals surface area contributed by atoms with Gasteiger partial charge in [0.05, 0.1) is 13.2 Å². The molecule has 0 aliphatic heterocycles. The Morgan fingerprint density at radius 1 is 0.317 bits per heavy atom. The third-order valence-electron chi connectivity index (χ3n) is 7.79. The molecular weight excluding hydrogens is 1010 g/mol. The number of carbonyl (C=O) groups excluding carboxylic acids is 2. The van der Waals surface area contributed by atoms with Gasteiger partial charge >= 0.3 is 94.8 Å². The molecule has 0 bridgehead atoms. The number of aliphatic hydroxyl groups is 4. The summed E-state index contributed by atoms with van der Waals surface area (Å²) in [5, 5.41) is 33.6. The van der Waals surface area contributed by atoms with E-state index in [0.29, 0.717) is 0 Å². The third-order valence-corrected chi connectivity index (χ3v) is 7.79. The molecule has 39 heteroatoms. The molecule has 0 aromatic rings. The molecule has 0 amide bonds. The molecule has 0 aliphatic rings. The zero-order valence-corrected chi connectivity index (χ0v) is 28.1. The summed E-state index contributed by atoms with van der Waals surface area (Å²) in [6, 6.07) is 0. The average molecular weight is 1020 g/mol. The van der Waals surface area contributed by atoms with Gasteiger partial charge in [-0.15, -0.1) is 0 Å². The van der Waals surface area contributed by atoms with E-state index >= 15 is 0 Å². The van der Waals surface area contributed by atoms with Crippen molar-refractivity contribution in [3.63, 3.8) is 0 Å². The maximum Gasteiger partial charge on any atom is 0.385 e. The van der Waals surface area contributed by atoms with Gasteiger partial charge < -0.3 is 25.2 Å². The lowest BCUT2D eigenvalue weighted by molar-refractivity contribution is -0.455. The van der Waals surface area contributed by atoms with Crippen molar-refractivity contribution in [2.24, 2.45) is 0 Å². The molecule has 0 heterocycles. The second-order valence-electron chi connectivity index (χ2n) is 12.1. The van der Waals surface area contributed by atoms with E-state index in [1.165, 1.54) is 0 Å². The summed E-state index contributed by atoms with van der Waals surface area (Å²) >= 11 is 0. The molecule has 0 aliphatic carbocycles. The minimum Gasteiger partial charge on any atom is -0.393 e. The highest BCUT2D eigenvalue weighted by molar-refractivity contribution is 5.91. The van der Waals surface area contributed by atoms with Gasteiger partial charge in [-0.3, -0.25) is 9.59 Å². The summed E-state index contributed by atoms with van der Waals surface area (Å²) in [7, 11) is 0. The number of ether oxygens (including phenoxy) is 1. The largest absolute Gasteiger partial charge is 0.393 e. The van der Waals surface area contributed by atoms with Crippen LogP contribution in [0.25, 0.3) is 0 Å². The predicted molar refractivity (Wildman–Crippen MR) is 126 cm³/mol. The van der Waals surface area contributed by atoms with Crippen LogP contribution in [0.4, 0.5) is 140 Å². The lowest BCUT2D eigenvalue weighted by Gasteiger charge is -2.44. The quantitative estimate of drug-likeness (QED) is 0.0768. The summed E-state index contributed by atoms with van der Waals surface area (Å²) in [5.74, 6) is -150. The van der Waals surface area contributed by atoms with E-state index in [2.05, 4.69) is 4.74 Å². The second-order valence-corrected chi connectivity index (χ2v) is 12.1. The summed E-state index contributed by atoms with van der Waals surface area (Å²) in [6.45, 7) is -14.6. The summed E-state index contributed by atoms with van der Waals surface area (Å²) < 4.78 is 446. The van der Waals surface area contributed by atoms with Crippen LogP contribution in [0.3, 0.4) is 0 Å². The summed E-state index contributed by atoms with van der Waals surface area (Å²) in [5.41, 5.74) is 0. The first kappa shape index (κ1) is 59.9. The Bertz CT molecular complexity index is 1540. The van der Waals surface area contributed by atoms with Crippen LogP contribution in [0.1, 0.15) is 0 Å². The number of rotatable bonds is 24. The van der Waals surface area contributed by atoms with Gasteiger partial charge in [0.1, 0.15) is 25.4 Å². The Labute approximate surface area is 321 Å². The van der Waals surface area contributed by atoms with E-state index in [0.717, 1.165) is 0 Å². The molecule has 2 unspecified atom stereocenters. The first-order valence-electron chi connectivity index (χ1n) is 14.3. The molecule has 0 spiro atoms. The van der Waals surface area contributed by atoms with Gasteiger partial charge in [0.15, 0.2) is 0 Å². The highest BCUT2D eigenvalue weighted by Crippen LogP contribution is 2.66. The predicted octanol–water partition coefficient (Wildman–Crippen LogP) is 7.01. The average Bonchev–Trinajstić information content (AvgIpc) is 3.11. The molecule has 0 fully saturated rings. The molecule has 376 valence electrons. The minimum absolute atomic E-state index is 2.28. The Hall–Kier alpha value is -3.10. The fraction of sp³-hybridized carbons (Fsp3) is 0.917. The molecule has 0 saturated heterocycles. The zero-order valence-electron chi connectivity index (χ0n) is 28.1. The first-order valence-corrected chi connectivity index (χ1v) is 14.3. The van der Waals surface area contributed by atoms with Crippen molar-refractivity contribution < 1.29 is 175 Å². The van der Waals surface area contributed by atoms with Crippen LogP contribution in [0.2, 0.25) is 0 Å². The molecule has 0 aromatic heterocycles. The highest BCUT2D eigenvalue weighted by atomic mass is 19.4. The number of halogens is 32. The van der Waals surface area contributed by atoms with Crippen molar-refractivity contribution >= 4 is 11.6 Å². The zero-order chi connectivity index (χ0) is 51.8. The van der Waals surface area contributed by atoms with Gasteiger partial charge in [-0.1, -0.05) is 0 Å². The van der Waals surface area contributed by atoms with Crippen molar-refractivity contribution in [3.8, 4) is 0 Å². The lowest BCUT2D eigenvalue weighted by atomic mass is 9.86. The van der Waals surface area contributed by atoms with Crippen LogP contribution in [-0.2, 0) is 14.3 Å². The van der Waals surface area contributed by atoms with Crippen LogP contribution in [-0.4, -0.2) is 165 Å². The number of carbonyl (C=O) groups is 2. The lowest BCUT2D eigenvalue weighted by Crippen LogP contribution is -2.76. The van der Waals surface area contributed by atoms with Gasteiger partial charge in [-0.25, -0.2) is 0 Å². The fourth-order valence-corrected chi connectivity index (χ4v) is 3.81. The Balaban J connectivity index is 7.02. The fourth-order valence-electron chi connectivity index (χ4n) is 3.81. The normalized spacial score (nSPS) is 17.2. The topological polar surface area (TPSA) is 124 Å². The van der Waals surface area contributed by atoms with Crippen molar-refractivity contribution in [3.05, 3.63) is 0 Å². The van der Waals surface area contributed by atoms with Gasteiger partial charge in [0.2, 0.25) is 11.6 Å². The number of ketones is 2. The van der Waals surface area contributed by atoms with Gasteiger partial charge in [-0.05, 0) is 0 Å². The van der Waals surface area contributed by atoms with Crippen molar-refractivity contribution in [2.75, 3.05) is 26.4 Å². The molecule has 7 nitrogen and oxygen atoms in total. The molecule has 63 heavy (non-hydrogen) atoms. The molecule has 0 aromatic carbocycles. The maximum atomic E-state index is 14.0. The monoisotopic (exact) mass is 1020 g/mol. The third kappa shape index (κ3) is 7.95. The SMILES string of the molecule is O=C(C(O)CO)C(F)(F)C(F)(F)C(F)(F)C(F)(F)C(F)(F)C(F)(F)C(F)(F)C(F)(F)COCC(F)(F)C(F)(F)C(F)(F)C(F)(F)C(F)(F)C(F)(F)C(F)(F)C(F)(F)C(=O)C(O)CO. The van der Waals surface area contributed by atoms with Gasteiger partial charge in [0.25, 0.3) is 0 Å². The second kappa shape index (κ2) is 16.3. The van der Waals surface area contributed by atoms with E-state index in [1.807, 2.05) is 0 Å². The van der Waals surface area contributed by atoms with E-state index in [4.69, 9.17) is 20.4 Å². The van der Waals surface area contributed by atoms with E-state index in [9.17, 15) is 150 Å². The van der Waals surface area contributed by atoms with Crippen molar-refractivity contribution in [1.82, 2.24) is 0 Å². The molecule has 2 atom stereocenters. The molecular formula is C24H14F32O7. The molecule has 0 rings (SSSR count). The van der Waals surface area contributed by atoms with Crippen LogP contribution < -0.4 is 0 Å². The number of aliphatic hydroxyl groups excluding tert-OH is 4. The summed E-state index contributed by atoms with van der Waals surface area (Å²) in [4.78, 5) is 22.0. The first-order chi connectivity index (χ1) is 27.0. The summed E-state index contributed by atoms with van der Waals surface area (Å²) in [6.07, 6.45) is -8.15. The molecule has 4 N–H and O–H groups in total. The standard InChI is InChI=1S/C24H14F32O7/c25-9(26,13(33,34)17(41,42)21(49,50)23(53,54)19(45,46)15(37,38)11(29,30)7(61)5(59)1-57)3-63-4-10(27,28)14(35,36)18(43,44)22(51,52)24(55,56)20(47,48)16(39,40)12(31,32)8(62)6(60)2-58/h5-6,57-60H,1-4H2. The Kier molecular flexibility index (Phi) is 15.5. The minimum atomic E-state index is -9.43. The smallest absolute Gasteiger partial charge is 0.385 e. The van der Waals surface area contributed by atoms with Gasteiger partial charge in [0, 0.05) is 0 Å². The number of hydrogen-bond donors (Lipinski definition) is 4. The van der Waals surface area contributed by atoms with E-state index in [1.54, 1.807) is 0 Å². The maximum absolute atomic E-state index is 14.0. The van der Waals surface area contributed by atoms with Gasteiger partial charge in [-0.2, -0.15) is 140 Å². The highest BCUT2D eigenvalue weighted by Gasteiger charge is 2.97. The van der Waals surface area contributed by atoms with Crippen LogP contribution >= 0.6 is 0 Å². The van der Waals surface area contributed by atoms with Crippen LogP contribution in [0.15, 0.2) is 0 Å². The van der Waals surface area contributed by atoms with Crippen LogP contribution in [0.5, 0.6) is 0 Å². The number of alkyl halides is 32. The number of Topliss-reactive ketones (excluding diaryl/α,β-unsaturated/α-hetero) is 2. The molecule has 0 saturated carbocycles.